The standard InChI is InChI=1S/C44H42Cl2N10O4/c1-5-47-39(57)23-35-44-54-52-25(2)55(44)36-16-15-31(21-32(36)42(50-35)28-9-13-30(46)14-10-28)60-20-6-19-48-40(58)22-34-43-53-51-26(3)56(43)37-17-18-38(59-4)41(33(37)24-49-34)27-7-11-29(45)12-8-27/h7-18,21,24,34-35H,5-6,19-20,22-23H2,1-4H3,(H,47,57)(H,48,58)/t34-,35-/m0/s1. The Hall–Kier alpha value is -6.38. The van der Waals surface area contributed by atoms with E-state index in [-0.39, 0.29) is 24.7 Å². The third-order valence-corrected chi connectivity index (χ3v) is 10.9. The number of fused-ring (bicyclic) bond motifs is 6. The SMILES string of the molecule is CCNC(=O)C[C@@H]1N=C(c2ccc(Cl)cc2)c2cc(OCCCNC(=O)C[C@@H]3N=Cc4c(ccc(OC)c4-c4ccc(Cl)cc4)-n4c(C)nnc43)ccc2-n2c(C)nnc21. The van der Waals surface area contributed by atoms with E-state index < -0.39 is 12.1 Å². The molecule has 2 aromatic heterocycles. The number of halogens is 2. The summed E-state index contributed by atoms with van der Waals surface area (Å²) in [5.74, 6) is 3.47. The van der Waals surface area contributed by atoms with Gasteiger partial charge in [0.2, 0.25) is 11.8 Å². The highest BCUT2D eigenvalue weighted by Gasteiger charge is 2.31. The van der Waals surface area contributed by atoms with Gasteiger partial charge in [-0.15, -0.1) is 20.4 Å². The number of aromatic nitrogens is 6. The molecule has 8 rings (SSSR count). The maximum absolute atomic E-state index is 13.4. The van der Waals surface area contributed by atoms with Gasteiger partial charge in [0.05, 0.1) is 43.6 Å². The maximum Gasteiger partial charge on any atom is 0.222 e. The van der Waals surface area contributed by atoms with Gasteiger partial charge in [0.15, 0.2) is 11.6 Å². The first kappa shape index (κ1) is 40.4. The first-order valence-corrected chi connectivity index (χ1v) is 20.4. The molecule has 4 heterocycles. The molecule has 306 valence electrons. The van der Waals surface area contributed by atoms with Crippen molar-refractivity contribution in [1.29, 1.82) is 0 Å². The number of ether oxygens (including phenoxy) is 2. The minimum Gasteiger partial charge on any atom is -0.496 e. The van der Waals surface area contributed by atoms with Crippen molar-refractivity contribution < 1.29 is 19.1 Å². The second-order valence-corrected chi connectivity index (χ2v) is 15.2. The summed E-state index contributed by atoms with van der Waals surface area (Å²) in [7, 11) is 1.63. The zero-order valence-electron chi connectivity index (χ0n) is 33.4. The lowest BCUT2D eigenvalue weighted by molar-refractivity contribution is -0.122. The number of rotatable bonds is 13. The molecule has 0 spiro atoms. The lowest BCUT2D eigenvalue weighted by atomic mass is 9.97. The normalized spacial score (nSPS) is 15.1. The Balaban J connectivity index is 0.965. The number of carbonyl (C=O) groups excluding carboxylic acids is 2. The molecule has 0 fully saturated rings. The highest BCUT2D eigenvalue weighted by atomic mass is 35.5. The average Bonchev–Trinajstić information content (AvgIpc) is 3.73. The van der Waals surface area contributed by atoms with E-state index >= 15 is 0 Å². The van der Waals surface area contributed by atoms with E-state index in [1.165, 1.54) is 0 Å². The third-order valence-electron chi connectivity index (χ3n) is 10.4. The van der Waals surface area contributed by atoms with Gasteiger partial charge in [0.1, 0.15) is 35.2 Å². The zero-order chi connectivity index (χ0) is 41.9. The minimum absolute atomic E-state index is 0.0696. The van der Waals surface area contributed by atoms with Crippen LogP contribution in [0.25, 0.3) is 22.5 Å². The second-order valence-electron chi connectivity index (χ2n) is 14.4. The Morgan fingerprint density at radius 2 is 1.37 bits per heavy atom. The molecule has 6 aromatic rings. The number of aryl methyl sites for hydroxylation is 2. The summed E-state index contributed by atoms with van der Waals surface area (Å²) in [4.78, 5) is 36.3. The largest absolute Gasteiger partial charge is 0.496 e. The molecule has 0 unspecified atom stereocenters. The first-order chi connectivity index (χ1) is 29.1. The van der Waals surface area contributed by atoms with Crippen LogP contribution >= 0.6 is 23.2 Å². The van der Waals surface area contributed by atoms with Gasteiger partial charge in [-0.2, -0.15) is 0 Å². The summed E-state index contributed by atoms with van der Waals surface area (Å²) in [6.45, 7) is 6.86. The van der Waals surface area contributed by atoms with Gasteiger partial charge in [0, 0.05) is 51.6 Å². The molecule has 2 atom stereocenters. The summed E-state index contributed by atoms with van der Waals surface area (Å²) >= 11 is 12.5. The number of hydrogen-bond acceptors (Lipinski definition) is 10. The summed E-state index contributed by atoms with van der Waals surface area (Å²) in [6.07, 6.45) is 2.51. The van der Waals surface area contributed by atoms with Gasteiger partial charge < -0.3 is 20.1 Å². The number of methoxy groups -OCH3 is 1. The van der Waals surface area contributed by atoms with E-state index in [0.29, 0.717) is 76.7 Å². The van der Waals surface area contributed by atoms with Gasteiger partial charge in [-0.1, -0.05) is 47.5 Å². The molecular weight excluding hydrogens is 803 g/mol. The summed E-state index contributed by atoms with van der Waals surface area (Å²) in [5, 5.41) is 24.8. The van der Waals surface area contributed by atoms with Crippen molar-refractivity contribution in [2.45, 2.75) is 52.1 Å². The second kappa shape index (κ2) is 17.5. The number of amides is 2. The Labute approximate surface area is 356 Å². The van der Waals surface area contributed by atoms with Crippen molar-refractivity contribution in [3.05, 3.63) is 129 Å². The highest BCUT2D eigenvalue weighted by Crippen LogP contribution is 2.40. The van der Waals surface area contributed by atoms with Crippen LogP contribution < -0.4 is 20.1 Å². The molecule has 0 saturated carbocycles. The van der Waals surface area contributed by atoms with Crippen LogP contribution in [0.3, 0.4) is 0 Å². The smallest absolute Gasteiger partial charge is 0.222 e. The van der Waals surface area contributed by atoms with Crippen LogP contribution in [0.5, 0.6) is 11.5 Å². The number of hydrogen-bond donors (Lipinski definition) is 2. The van der Waals surface area contributed by atoms with Crippen LogP contribution in [-0.4, -0.2) is 80.1 Å². The van der Waals surface area contributed by atoms with Gasteiger partial charge in [-0.25, -0.2) is 0 Å². The van der Waals surface area contributed by atoms with E-state index in [1.807, 2.05) is 109 Å². The van der Waals surface area contributed by atoms with Gasteiger partial charge in [-0.05, 0) is 87.4 Å². The molecular formula is C44H42Cl2N10O4. The number of nitrogens with zero attached hydrogens (tertiary/aromatic N) is 8. The molecule has 2 N–H and O–H groups in total. The van der Waals surface area contributed by atoms with E-state index in [9.17, 15) is 9.59 Å². The minimum atomic E-state index is -0.585. The molecule has 14 nitrogen and oxygen atoms in total. The zero-order valence-corrected chi connectivity index (χ0v) is 35.0. The van der Waals surface area contributed by atoms with E-state index in [2.05, 4.69) is 31.0 Å². The van der Waals surface area contributed by atoms with Crippen molar-refractivity contribution in [1.82, 2.24) is 40.2 Å². The monoisotopic (exact) mass is 844 g/mol. The van der Waals surface area contributed by atoms with Crippen LogP contribution in [0.15, 0.2) is 88.8 Å². The molecule has 2 amide bonds. The van der Waals surface area contributed by atoms with Crippen LogP contribution in [-0.2, 0) is 9.59 Å². The molecule has 0 saturated heterocycles. The van der Waals surface area contributed by atoms with Crippen molar-refractivity contribution in [2.75, 3.05) is 26.8 Å². The average molecular weight is 846 g/mol. The lowest BCUT2D eigenvalue weighted by Crippen LogP contribution is -2.27. The molecule has 2 aliphatic heterocycles. The maximum atomic E-state index is 13.4. The Bertz CT molecular complexity index is 2640. The highest BCUT2D eigenvalue weighted by molar-refractivity contribution is 6.31. The third kappa shape index (κ3) is 8.12. The molecule has 60 heavy (non-hydrogen) atoms. The summed E-state index contributed by atoms with van der Waals surface area (Å²) < 4.78 is 15.9. The Morgan fingerprint density at radius 1 is 0.750 bits per heavy atom. The number of aliphatic imine (C=N–C) groups is 2. The molecule has 0 bridgehead atoms. The van der Waals surface area contributed by atoms with Gasteiger partial charge >= 0.3 is 0 Å². The predicted octanol–water partition coefficient (Wildman–Crippen LogP) is 7.31. The first-order valence-electron chi connectivity index (χ1n) is 19.6. The number of nitrogens with one attached hydrogen (secondary N) is 2. The summed E-state index contributed by atoms with van der Waals surface area (Å²) in [6, 6.07) is 23.5. The molecule has 4 aromatic carbocycles. The molecule has 2 aliphatic rings. The van der Waals surface area contributed by atoms with Gasteiger partial charge in [0.25, 0.3) is 0 Å². The van der Waals surface area contributed by atoms with E-state index in [4.69, 9.17) is 42.7 Å². The number of carbonyl (C=O) groups is 2. The predicted molar refractivity (Wildman–Crippen MR) is 230 cm³/mol. The number of benzene rings is 4. The lowest BCUT2D eigenvalue weighted by Gasteiger charge is -2.17. The topological polar surface area (TPSA) is 163 Å². The van der Waals surface area contributed by atoms with Crippen LogP contribution in [0.1, 0.15) is 78.3 Å². The van der Waals surface area contributed by atoms with E-state index in [0.717, 1.165) is 39.2 Å². The van der Waals surface area contributed by atoms with E-state index in [1.54, 1.807) is 13.3 Å². The molecule has 0 radical (unpaired) electrons. The fourth-order valence-corrected chi connectivity index (χ4v) is 7.84. The molecule has 16 heteroatoms. The summed E-state index contributed by atoms with van der Waals surface area (Å²) in [5.41, 5.74) is 6.52. The van der Waals surface area contributed by atoms with Crippen LogP contribution in [0, 0.1) is 13.8 Å². The van der Waals surface area contributed by atoms with Gasteiger partial charge in [-0.3, -0.25) is 28.7 Å². The Morgan fingerprint density at radius 3 is 2.05 bits per heavy atom. The van der Waals surface area contributed by atoms with Crippen LogP contribution in [0.4, 0.5) is 0 Å². The van der Waals surface area contributed by atoms with Crippen molar-refractivity contribution >= 4 is 46.9 Å². The fraction of sp³-hybridized carbons (Fsp3) is 0.273. The van der Waals surface area contributed by atoms with Crippen LogP contribution in [0.2, 0.25) is 10.0 Å². The Kier molecular flexibility index (Phi) is 11.8. The van der Waals surface area contributed by atoms with Crippen molar-refractivity contribution in [3.8, 4) is 34.0 Å². The fourth-order valence-electron chi connectivity index (χ4n) is 7.59. The van der Waals surface area contributed by atoms with Crippen molar-refractivity contribution in [2.24, 2.45) is 9.98 Å². The van der Waals surface area contributed by atoms with Crippen molar-refractivity contribution in [3.63, 3.8) is 0 Å². The molecule has 0 aliphatic carbocycles. The quantitative estimate of drug-likeness (QED) is 0.114.